The Bertz CT molecular complexity index is 884. The summed E-state index contributed by atoms with van der Waals surface area (Å²) in [6.07, 6.45) is 2.71. The van der Waals surface area contributed by atoms with Crippen LogP contribution in [-0.4, -0.2) is 36.2 Å². The van der Waals surface area contributed by atoms with E-state index >= 15 is 0 Å². The fraction of sp³-hybridized carbons (Fsp3) is 0.294. The van der Waals surface area contributed by atoms with Crippen molar-refractivity contribution < 1.29 is 13.2 Å². The van der Waals surface area contributed by atoms with Crippen LogP contribution in [0.5, 0.6) is 0 Å². The van der Waals surface area contributed by atoms with Gasteiger partial charge in [0.05, 0.1) is 4.90 Å². The van der Waals surface area contributed by atoms with Gasteiger partial charge in [0.25, 0.3) is 0 Å². The van der Waals surface area contributed by atoms with Gasteiger partial charge in [-0.2, -0.15) is 4.31 Å². The molecule has 132 valence electrons. The zero-order valence-corrected chi connectivity index (χ0v) is 15.2. The van der Waals surface area contributed by atoms with Gasteiger partial charge in [0.15, 0.2) is 0 Å². The summed E-state index contributed by atoms with van der Waals surface area (Å²) in [6, 6.07) is 8.77. The molecule has 1 saturated heterocycles. The molecule has 1 aliphatic heterocycles. The minimum atomic E-state index is -3.76. The molecule has 8 heteroatoms. The number of hydrogen-bond acceptors (Lipinski definition) is 4. The quantitative estimate of drug-likeness (QED) is 0.885. The number of carbonyl (C=O) groups is 1. The van der Waals surface area contributed by atoms with Crippen molar-refractivity contribution in [2.24, 2.45) is 0 Å². The topological polar surface area (TPSA) is 79.4 Å². The van der Waals surface area contributed by atoms with Crippen LogP contribution in [0.25, 0.3) is 0 Å². The SMILES string of the molecule is Cc1ccnc(NC(=O)[C@H]2CCCN2S(=O)(=O)c2ccc(Cl)cc2)c1. The second-order valence-corrected chi connectivity index (χ2v) is 8.26. The van der Waals surface area contributed by atoms with Gasteiger partial charge in [-0.25, -0.2) is 13.4 Å². The number of anilines is 1. The van der Waals surface area contributed by atoms with Gasteiger partial charge in [0, 0.05) is 17.8 Å². The van der Waals surface area contributed by atoms with Crippen molar-refractivity contribution in [1.82, 2.24) is 9.29 Å². The minimum Gasteiger partial charge on any atom is -0.309 e. The first-order chi connectivity index (χ1) is 11.9. The largest absolute Gasteiger partial charge is 0.309 e. The number of carbonyl (C=O) groups excluding carboxylic acids is 1. The first kappa shape index (κ1) is 17.8. The molecular weight excluding hydrogens is 362 g/mol. The number of hydrogen-bond donors (Lipinski definition) is 1. The lowest BCUT2D eigenvalue weighted by molar-refractivity contribution is -0.119. The van der Waals surface area contributed by atoms with Crippen molar-refractivity contribution in [3.63, 3.8) is 0 Å². The Balaban J connectivity index is 1.82. The molecule has 2 aromatic rings. The van der Waals surface area contributed by atoms with Gasteiger partial charge in [0.2, 0.25) is 15.9 Å². The average molecular weight is 380 g/mol. The number of amides is 1. The highest BCUT2D eigenvalue weighted by atomic mass is 35.5. The van der Waals surface area contributed by atoms with E-state index in [1.54, 1.807) is 12.3 Å². The average Bonchev–Trinajstić information content (AvgIpc) is 3.06. The van der Waals surface area contributed by atoms with E-state index in [1.165, 1.54) is 28.6 Å². The molecular formula is C17H18ClN3O3S. The van der Waals surface area contributed by atoms with Crippen LogP contribution >= 0.6 is 11.6 Å². The van der Waals surface area contributed by atoms with Crippen molar-refractivity contribution in [2.45, 2.75) is 30.7 Å². The van der Waals surface area contributed by atoms with E-state index in [0.29, 0.717) is 30.2 Å². The van der Waals surface area contributed by atoms with Crippen LogP contribution in [0.3, 0.4) is 0 Å². The highest BCUT2D eigenvalue weighted by Gasteiger charge is 2.39. The van der Waals surface area contributed by atoms with Crippen molar-refractivity contribution in [3.05, 3.63) is 53.2 Å². The van der Waals surface area contributed by atoms with E-state index in [2.05, 4.69) is 10.3 Å². The molecule has 0 radical (unpaired) electrons. The van der Waals surface area contributed by atoms with Gasteiger partial charge in [-0.1, -0.05) is 11.6 Å². The standard InChI is InChI=1S/C17H18ClN3O3S/c1-12-8-9-19-16(11-12)20-17(22)15-3-2-10-21(15)25(23,24)14-6-4-13(18)5-7-14/h4-9,11,15H,2-3,10H2,1H3,(H,19,20,22)/t15-/m1/s1. The Morgan fingerprint density at radius 3 is 2.68 bits per heavy atom. The fourth-order valence-corrected chi connectivity index (χ4v) is 4.63. The highest BCUT2D eigenvalue weighted by molar-refractivity contribution is 7.89. The highest BCUT2D eigenvalue weighted by Crippen LogP contribution is 2.27. The molecule has 2 heterocycles. The Kier molecular flexibility index (Phi) is 5.08. The fourth-order valence-electron chi connectivity index (χ4n) is 2.85. The molecule has 25 heavy (non-hydrogen) atoms. The maximum Gasteiger partial charge on any atom is 0.243 e. The molecule has 0 aliphatic carbocycles. The van der Waals surface area contributed by atoms with Crippen molar-refractivity contribution in [2.75, 3.05) is 11.9 Å². The van der Waals surface area contributed by atoms with Crippen molar-refractivity contribution in [1.29, 1.82) is 0 Å². The third kappa shape index (κ3) is 3.84. The smallest absolute Gasteiger partial charge is 0.243 e. The summed E-state index contributed by atoms with van der Waals surface area (Å²) in [5, 5.41) is 3.17. The van der Waals surface area contributed by atoms with E-state index in [4.69, 9.17) is 11.6 Å². The minimum absolute atomic E-state index is 0.130. The normalized spacial score (nSPS) is 18.2. The Hall–Kier alpha value is -1.96. The Morgan fingerprint density at radius 1 is 1.28 bits per heavy atom. The first-order valence-corrected chi connectivity index (χ1v) is 9.71. The van der Waals surface area contributed by atoms with Crippen LogP contribution in [0, 0.1) is 6.92 Å². The second-order valence-electron chi connectivity index (χ2n) is 5.94. The zero-order valence-electron chi connectivity index (χ0n) is 13.6. The molecule has 1 aromatic carbocycles. The molecule has 1 atom stereocenters. The molecule has 1 amide bonds. The zero-order chi connectivity index (χ0) is 18.0. The molecule has 1 aliphatic rings. The van der Waals surface area contributed by atoms with Crippen LogP contribution in [0.15, 0.2) is 47.5 Å². The summed E-state index contributed by atoms with van der Waals surface area (Å²) in [5.41, 5.74) is 0.961. The maximum absolute atomic E-state index is 12.9. The monoisotopic (exact) mass is 379 g/mol. The summed E-state index contributed by atoms with van der Waals surface area (Å²) in [5.74, 6) is 0.0499. The number of rotatable bonds is 4. The molecule has 6 nitrogen and oxygen atoms in total. The number of benzene rings is 1. The molecule has 1 fully saturated rings. The number of pyridine rings is 1. The van der Waals surface area contributed by atoms with Gasteiger partial charge in [-0.3, -0.25) is 4.79 Å². The van der Waals surface area contributed by atoms with Crippen LogP contribution in [0.4, 0.5) is 5.82 Å². The van der Waals surface area contributed by atoms with Crippen LogP contribution in [-0.2, 0) is 14.8 Å². The maximum atomic E-state index is 12.9. The van der Waals surface area contributed by atoms with E-state index in [0.717, 1.165) is 5.56 Å². The van der Waals surface area contributed by atoms with E-state index < -0.39 is 16.1 Å². The molecule has 3 rings (SSSR count). The number of nitrogens with one attached hydrogen (secondary N) is 1. The molecule has 1 N–H and O–H groups in total. The van der Waals surface area contributed by atoms with Crippen LogP contribution in [0.2, 0.25) is 5.02 Å². The number of sulfonamides is 1. The summed E-state index contributed by atoms with van der Waals surface area (Å²) in [6.45, 7) is 2.20. The van der Waals surface area contributed by atoms with Crippen LogP contribution in [0.1, 0.15) is 18.4 Å². The van der Waals surface area contributed by atoms with E-state index in [-0.39, 0.29) is 10.8 Å². The van der Waals surface area contributed by atoms with Gasteiger partial charge >= 0.3 is 0 Å². The Labute approximate surface area is 151 Å². The lowest BCUT2D eigenvalue weighted by Crippen LogP contribution is -2.43. The lowest BCUT2D eigenvalue weighted by atomic mass is 10.2. The molecule has 0 saturated carbocycles. The summed E-state index contributed by atoms with van der Waals surface area (Å²) < 4.78 is 27.0. The van der Waals surface area contributed by atoms with E-state index in [1.807, 2.05) is 13.0 Å². The summed E-state index contributed by atoms with van der Waals surface area (Å²) in [7, 11) is -3.76. The summed E-state index contributed by atoms with van der Waals surface area (Å²) in [4.78, 5) is 16.8. The molecule has 0 spiro atoms. The Morgan fingerprint density at radius 2 is 2.00 bits per heavy atom. The van der Waals surface area contributed by atoms with Crippen molar-refractivity contribution in [3.8, 4) is 0 Å². The second kappa shape index (κ2) is 7.11. The predicted molar refractivity (Wildman–Crippen MR) is 96.0 cm³/mol. The lowest BCUT2D eigenvalue weighted by Gasteiger charge is -2.23. The third-order valence-corrected chi connectivity index (χ3v) is 6.27. The van der Waals surface area contributed by atoms with Crippen LogP contribution < -0.4 is 5.32 Å². The first-order valence-electron chi connectivity index (χ1n) is 7.89. The number of aryl methyl sites for hydroxylation is 1. The predicted octanol–water partition coefficient (Wildman–Crippen LogP) is 2.84. The van der Waals surface area contributed by atoms with Crippen molar-refractivity contribution >= 4 is 33.3 Å². The van der Waals surface area contributed by atoms with E-state index in [9.17, 15) is 13.2 Å². The number of halogens is 1. The van der Waals surface area contributed by atoms with Gasteiger partial charge in [-0.15, -0.1) is 0 Å². The molecule has 0 bridgehead atoms. The number of nitrogens with zero attached hydrogens (tertiary/aromatic N) is 2. The molecule has 0 unspecified atom stereocenters. The molecule has 1 aromatic heterocycles. The third-order valence-electron chi connectivity index (χ3n) is 4.09. The van der Waals surface area contributed by atoms with Gasteiger partial charge in [0.1, 0.15) is 11.9 Å². The summed E-state index contributed by atoms with van der Waals surface area (Å²) >= 11 is 5.82. The van der Waals surface area contributed by atoms with Gasteiger partial charge < -0.3 is 5.32 Å². The van der Waals surface area contributed by atoms with Gasteiger partial charge in [-0.05, 0) is 61.7 Å². The number of aromatic nitrogens is 1.